The molecule has 39 heavy (non-hydrogen) atoms. The number of anilines is 2. The number of benzene rings is 3. The van der Waals surface area contributed by atoms with Gasteiger partial charge in [0.05, 0.1) is 23.1 Å². The molecule has 7 heteroatoms. The Hall–Kier alpha value is -4.26. The molecular weight excluding hydrogens is 492 g/mol. The van der Waals surface area contributed by atoms with Gasteiger partial charge in [0, 0.05) is 5.69 Å². The molecular formula is C32H30N2O5. The molecule has 7 nitrogen and oxygen atoms in total. The average molecular weight is 523 g/mol. The second kappa shape index (κ2) is 10.1. The number of para-hydroxylation sites is 1. The van der Waals surface area contributed by atoms with E-state index in [1.807, 2.05) is 43.3 Å². The highest BCUT2D eigenvalue weighted by atomic mass is 16.5. The Morgan fingerprint density at radius 2 is 1.64 bits per heavy atom. The molecule has 0 spiro atoms. The predicted molar refractivity (Wildman–Crippen MR) is 146 cm³/mol. The van der Waals surface area contributed by atoms with Gasteiger partial charge in [-0.3, -0.25) is 19.3 Å². The van der Waals surface area contributed by atoms with Gasteiger partial charge in [0.2, 0.25) is 11.8 Å². The molecule has 3 amide bonds. The van der Waals surface area contributed by atoms with Crippen LogP contribution in [0.25, 0.3) is 0 Å². The number of amides is 3. The van der Waals surface area contributed by atoms with E-state index >= 15 is 0 Å². The van der Waals surface area contributed by atoms with Crippen LogP contribution in [0.5, 0.6) is 0 Å². The molecule has 3 fully saturated rings. The number of fused-ring (bicyclic) bond motifs is 5. The minimum Gasteiger partial charge on any atom is -0.452 e. The third-order valence-corrected chi connectivity index (χ3v) is 8.59. The third-order valence-electron chi connectivity index (χ3n) is 8.59. The molecule has 3 aromatic rings. The highest BCUT2D eigenvalue weighted by Crippen LogP contribution is 2.61. The van der Waals surface area contributed by atoms with Gasteiger partial charge in [-0.05, 0) is 72.4 Å². The van der Waals surface area contributed by atoms with E-state index in [4.69, 9.17) is 4.74 Å². The van der Waals surface area contributed by atoms with Gasteiger partial charge in [0.1, 0.15) is 0 Å². The maximum atomic E-state index is 13.6. The summed E-state index contributed by atoms with van der Waals surface area (Å²) in [6, 6.07) is 24.0. The van der Waals surface area contributed by atoms with Crippen molar-refractivity contribution >= 4 is 35.1 Å². The fourth-order valence-electron chi connectivity index (χ4n) is 6.92. The van der Waals surface area contributed by atoms with Crippen LogP contribution in [-0.2, 0) is 25.5 Å². The Labute approximate surface area is 227 Å². The van der Waals surface area contributed by atoms with Crippen LogP contribution in [0.1, 0.15) is 47.2 Å². The van der Waals surface area contributed by atoms with Gasteiger partial charge in [-0.25, -0.2) is 4.79 Å². The van der Waals surface area contributed by atoms with E-state index in [0.717, 1.165) is 24.8 Å². The number of nitrogens with zero attached hydrogens (tertiary/aromatic N) is 1. The van der Waals surface area contributed by atoms with Crippen molar-refractivity contribution in [1.29, 1.82) is 0 Å². The first kappa shape index (κ1) is 25.0. The van der Waals surface area contributed by atoms with E-state index in [0.29, 0.717) is 11.4 Å². The zero-order valence-electron chi connectivity index (χ0n) is 21.7. The van der Waals surface area contributed by atoms with Crippen LogP contribution in [0, 0.1) is 23.7 Å². The Morgan fingerprint density at radius 3 is 2.44 bits per heavy atom. The minimum absolute atomic E-state index is 0.147. The first-order valence-corrected chi connectivity index (χ1v) is 13.5. The van der Waals surface area contributed by atoms with Crippen LogP contribution in [0.3, 0.4) is 0 Å². The summed E-state index contributed by atoms with van der Waals surface area (Å²) < 4.78 is 5.25. The summed E-state index contributed by atoms with van der Waals surface area (Å²) in [4.78, 5) is 53.5. The molecule has 2 bridgehead atoms. The summed E-state index contributed by atoms with van der Waals surface area (Å²) in [6.45, 7) is 1.55. The normalized spacial score (nSPS) is 25.1. The largest absolute Gasteiger partial charge is 0.452 e. The highest BCUT2D eigenvalue weighted by molar-refractivity contribution is 6.23. The maximum absolute atomic E-state index is 13.6. The van der Waals surface area contributed by atoms with Gasteiger partial charge in [-0.15, -0.1) is 0 Å². The Kier molecular flexibility index (Phi) is 6.51. The van der Waals surface area contributed by atoms with Gasteiger partial charge >= 0.3 is 5.97 Å². The maximum Gasteiger partial charge on any atom is 0.338 e. The summed E-state index contributed by atoms with van der Waals surface area (Å²) in [7, 11) is 0. The fourth-order valence-corrected chi connectivity index (χ4v) is 6.92. The number of aryl methyl sites for hydroxylation is 1. The van der Waals surface area contributed by atoms with Crippen molar-refractivity contribution in [3.05, 3.63) is 95.6 Å². The molecule has 0 aromatic heterocycles. The number of rotatable bonds is 7. The zero-order chi connectivity index (χ0) is 27.1. The van der Waals surface area contributed by atoms with Gasteiger partial charge in [-0.1, -0.05) is 61.5 Å². The molecule has 1 aliphatic heterocycles. The van der Waals surface area contributed by atoms with Gasteiger partial charge in [0.15, 0.2) is 6.61 Å². The Morgan fingerprint density at radius 1 is 0.897 bits per heavy atom. The van der Waals surface area contributed by atoms with E-state index in [1.165, 1.54) is 16.5 Å². The molecule has 5 atom stereocenters. The predicted octanol–water partition coefficient (Wildman–Crippen LogP) is 4.97. The Bertz CT molecular complexity index is 1450. The number of ether oxygens (including phenoxy) is 1. The van der Waals surface area contributed by atoms with E-state index in [1.54, 1.807) is 24.3 Å². The lowest BCUT2D eigenvalue weighted by Gasteiger charge is -2.28. The molecule has 0 unspecified atom stereocenters. The lowest BCUT2D eigenvalue weighted by molar-refractivity contribution is -0.123. The van der Waals surface area contributed by atoms with Gasteiger partial charge in [-0.2, -0.15) is 0 Å². The van der Waals surface area contributed by atoms with Crippen LogP contribution in [0.15, 0.2) is 78.9 Å². The van der Waals surface area contributed by atoms with Crippen LogP contribution in [0.2, 0.25) is 0 Å². The molecule has 1 N–H and O–H groups in total. The van der Waals surface area contributed by atoms with Crippen LogP contribution < -0.4 is 10.2 Å². The summed E-state index contributed by atoms with van der Waals surface area (Å²) in [5.41, 5.74) is 3.44. The van der Waals surface area contributed by atoms with E-state index < -0.39 is 18.5 Å². The second-order valence-corrected chi connectivity index (χ2v) is 10.7. The lowest BCUT2D eigenvalue weighted by Crippen LogP contribution is -2.33. The number of hydrogen-bond donors (Lipinski definition) is 1. The van der Waals surface area contributed by atoms with Crippen LogP contribution >= 0.6 is 0 Å². The minimum atomic E-state index is -0.695. The van der Waals surface area contributed by atoms with E-state index in [9.17, 15) is 19.2 Å². The molecule has 1 heterocycles. The van der Waals surface area contributed by atoms with Crippen molar-refractivity contribution in [2.45, 2.75) is 32.1 Å². The summed E-state index contributed by atoms with van der Waals surface area (Å²) in [5.74, 6) is -1.50. The SMILES string of the molecule is CCc1ccccc1NC(=O)COC(=O)c1cccc(N2C(=O)[C@@H]3[C@@H]4C[C@@H]([C@H]3C2=O)[C@H](c2ccccc2)C4)c1. The molecule has 3 aliphatic rings. The number of esters is 1. The monoisotopic (exact) mass is 522 g/mol. The second-order valence-electron chi connectivity index (χ2n) is 10.7. The van der Waals surface area contributed by atoms with Crippen molar-refractivity contribution < 1.29 is 23.9 Å². The fraction of sp³-hybridized carbons (Fsp3) is 0.312. The molecule has 0 radical (unpaired) electrons. The number of imide groups is 1. The topological polar surface area (TPSA) is 92.8 Å². The summed E-state index contributed by atoms with van der Waals surface area (Å²) in [5, 5.41) is 2.77. The van der Waals surface area contributed by atoms with Crippen LogP contribution in [-0.4, -0.2) is 30.3 Å². The summed E-state index contributed by atoms with van der Waals surface area (Å²) in [6.07, 6.45) is 2.57. The van der Waals surface area contributed by atoms with Crippen molar-refractivity contribution in [3.8, 4) is 0 Å². The number of hydrogen-bond acceptors (Lipinski definition) is 5. The molecule has 1 saturated heterocycles. The average Bonchev–Trinajstić information content (AvgIpc) is 3.63. The van der Waals surface area contributed by atoms with Crippen LogP contribution in [0.4, 0.5) is 11.4 Å². The highest BCUT2D eigenvalue weighted by Gasteiger charge is 2.64. The molecule has 3 aromatic carbocycles. The van der Waals surface area contributed by atoms with Crippen molar-refractivity contribution in [2.75, 3.05) is 16.8 Å². The van der Waals surface area contributed by atoms with Gasteiger partial charge in [0.25, 0.3) is 5.91 Å². The smallest absolute Gasteiger partial charge is 0.338 e. The van der Waals surface area contributed by atoms with Crippen molar-refractivity contribution in [2.24, 2.45) is 23.7 Å². The lowest BCUT2D eigenvalue weighted by atomic mass is 9.73. The number of carbonyl (C=O) groups is 4. The molecule has 198 valence electrons. The first-order valence-electron chi connectivity index (χ1n) is 13.5. The third kappa shape index (κ3) is 4.42. The summed E-state index contributed by atoms with van der Waals surface area (Å²) >= 11 is 0. The van der Waals surface area contributed by atoms with E-state index in [-0.39, 0.29) is 47.0 Å². The zero-order valence-corrected chi connectivity index (χ0v) is 21.7. The number of nitrogens with one attached hydrogen (secondary N) is 1. The molecule has 2 saturated carbocycles. The number of carbonyl (C=O) groups excluding carboxylic acids is 4. The van der Waals surface area contributed by atoms with Crippen molar-refractivity contribution in [1.82, 2.24) is 0 Å². The van der Waals surface area contributed by atoms with Crippen molar-refractivity contribution in [3.63, 3.8) is 0 Å². The Balaban J connectivity index is 1.14. The molecule has 2 aliphatic carbocycles. The van der Waals surface area contributed by atoms with Gasteiger partial charge < -0.3 is 10.1 Å². The van der Waals surface area contributed by atoms with E-state index in [2.05, 4.69) is 17.4 Å². The quantitative estimate of drug-likeness (QED) is 0.349. The first-order chi connectivity index (χ1) is 19.0. The molecule has 6 rings (SSSR count). The standard InChI is InChI=1S/C32H30N2O5/c1-2-19-9-6-7-14-26(19)33-27(35)18-39-32(38)21-12-8-13-23(15-21)34-30(36)28-22-16-24(20-10-4-3-5-11-20)25(17-22)29(28)31(34)37/h3-15,22,24-25,28-29H,2,16-18H2,1H3,(H,33,35)/t22-,24-,25+,28+,29+/m0/s1.